The number of nitrogens with one attached hydrogen (secondary N) is 2. The number of para-hydroxylation sites is 2. The third-order valence-electron chi connectivity index (χ3n) is 4.36. The van der Waals surface area contributed by atoms with E-state index < -0.39 is 0 Å². The zero-order valence-electron chi connectivity index (χ0n) is 15.6. The average Bonchev–Trinajstić information content (AvgIpc) is 2.72. The lowest BCUT2D eigenvalue weighted by Gasteiger charge is -2.30. The number of ether oxygens (including phenoxy) is 2. The number of anilines is 3. The first kappa shape index (κ1) is 19.1. The van der Waals surface area contributed by atoms with Crippen LogP contribution in [0.4, 0.5) is 17.2 Å². The van der Waals surface area contributed by atoms with Gasteiger partial charge in [-0.3, -0.25) is 4.79 Å². The van der Waals surface area contributed by atoms with Crippen LogP contribution in [0.5, 0.6) is 0 Å². The van der Waals surface area contributed by atoms with Crippen molar-refractivity contribution in [1.82, 2.24) is 4.98 Å². The van der Waals surface area contributed by atoms with Gasteiger partial charge in [0.1, 0.15) is 5.82 Å². The van der Waals surface area contributed by atoms with Crippen molar-refractivity contribution in [3.05, 3.63) is 48.2 Å². The fraction of sp³-hybridized carbons (Fsp3) is 0.400. The lowest BCUT2D eigenvalue weighted by Crippen LogP contribution is -2.36. The molecule has 0 radical (unpaired) electrons. The smallest absolute Gasteiger partial charge is 0.255 e. The van der Waals surface area contributed by atoms with Crippen molar-refractivity contribution in [2.75, 3.05) is 62.1 Å². The maximum atomic E-state index is 12.7. The van der Waals surface area contributed by atoms with Crippen LogP contribution in [0.2, 0.25) is 0 Å². The Morgan fingerprint density at radius 3 is 2.89 bits per heavy atom. The zero-order chi connectivity index (χ0) is 18.9. The summed E-state index contributed by atoms with van der Waals surface area (Å²) in [6, 6.07) is 11.3. The van der Waals surface area contributed by atoms with Crippen LogP contribution in [-0.4, -0.2) is 57.5 Å². The van der Waals surface area contributed by atoms with Crippen molar-refractivity contribution in [1.29, 1.82) is 0 Å². The van der Waals surface area contributed by atoms with Crippen LogP contribution in [-0.2, 0) is 9.47 Å². The minimum atomic E-state index is -0.155. The molecule has 1 saturated heterocycles. The first-order valence-electron chi connectivity index (χ1n) is 9.20. The molecule has 0 aliphatic carbocycles. The number of hydrogen-bond acceptors (Lipinski definition) is 6. The summed E-state index contributed by atoms with van der Waals surface area (Å²) in [5.41, 5.74) is 2.38. The average molecular weight is 370 g/mol. The number of nitrogens with zero attached hydrogens (tertiary/aromatic N) is 2. The van der Waals surface area contributed by atoms with E-state index >= 15 is 0 Å². The molecule has 7 nitrogen and oxygen atoms in total. The molecule has 1 aromatic carbocycles. The van der Waals surface area contributed by atoms with Crippen LogP contribution in [0.25, 0.3) is 0 Å². The minimum absolute atomic E-state index is 0.155. The van der Waals surface area contributed by atoms with E-state index in [9.17, 15) is 4.79 Å². The van der Waals surface area contributed by atoms with Crippen molar-refractivity contribution < 1.29 is 14.3 Å². The molecule has 1 aliphatic rings. The second-order valence-electron chi connectivity index (χ2n) is 6.27. The molecule has 0 atom stereocenters. The summed E-state index contributed by atoms with van der Waals surface area (Å²) in [4.78, 5) is 19.2. The number of benzene rings is 1. The summed E-state index contributed by atoms with van der Waals surface area (Å²) in [5.74, 6) is 0.526. The molecule has 2 N–H and O–H groups in total. The molecule has 0 saturated carbocycles. The molecule has 1 amide bonds. The fourth-order valence-corrected chi connectivity index (χ4v) is 2.96. The molecule has 7 heteroatoms. The van der Waals surface area contributed by atoms with Gasteiger partial charge in [-0.1, -0.05) is 12.1 Å². The number of amides is 1. The second-order valence-corrected chi connectivity index (χ2v) is 6.27. The number of carbonyl (C=O) groups excluding carboxylic acids is 1. The Morgan fingerprint density at radius 1 is 1.26 bits per heavy atom. The Labute approximate surface area is 159 Å². The van der Waals surface area contributed by atoms with Crippen molar-refractivity contribution in [2.24, 2.45) is 0 Å². The van der Waals surface area contributed by atoms with E-state index in [1.807, 2.05) is 24.3 Å². The van der Waals surface area contributed by atoms with Gasteiger partial charge in [-0.05, 0) is 30.7 Å². The number of morpholine rings is 1. The topological polar surface area (TPSA) is 75.7 Å². The van der Waals surface area contributed by atoms with E-state index in [2.05, 4.69) is 20.5 Å². The molecule has 144 valence electrons. The molecule has 1 fully saturated rings. The normalized spacial score (nSPS) is 14.0. The molecule has 27 heavy (non-hydrogen) atoms. The van der Waals surface area contributed by atoms with E-state index in [-0.39, 0.29) is 5.91 Å². The maximum absolute atomic E-state index is 12.7. The molecular formula is C20H26N4O3. The number of methoxy groups -OCH3 is 1. The SMILES string of the molecule is COCCCNc1cc(C(=O)Nc2ccccc2N2CCOCC2)ccn1. The van der Waals surface area contributed by atoms with E-state index in [4.69, 9.17) is 9.47 Å². The minimum Gasteiger partial charge on any atom is -0.385 e. The van der Waals surface area contributed by atoms with Gasteiger partial charge in [-0.15, -0.1) is 0 Å². The largest absolute Gasteiger partial charge is 0.385 e. The van der Waals surface area contributed by atoms with Gasteiger partial charge >= 0.3 is 0 Å². The lowest BCUT2D eigenvalue weighted by atomic mass is 10.2. The summed E-state index contributed by atoms with van der Waals surface area (Å²) >= 11 is 0. The Hall–Kier alpha value is -2.64. The lowest BCUT2D eigenvalue weighted by molar-refractivity contribution is 0.102. The van der Waals surface area contributed by atoms with Gasteiger partial charge in [-0.2, -0.15) is 0 Å². The molecule has 2 aromatic rings. The van der Waals surface area contributed by atoms with Crippen molar-refractivity contribution in [3.63, 3.8) is 0 Å². The maximum Gasteiger partial charge on any atom is 0.255 e. The number of rotatable bonds is 8. The van der Waals surface area contributed by atoms with E-state index in [0.717, 1.165) is 37.4 Å². The van der Waals surface area contributed by atoms with Gasteiger partial charge in [-0.25, -0.2) is 4.98 Å². The first-order chi connectivity index (χ1) is 13.3. The first-order valence-corrected chi connectivity index (χ1v) is 9.20. The predicted molar refractivity (Wildman–Crippen MR) is 107 cm³/mol. The van der Waals surface area contributed by atoms with Gasteiger partial charge in [0.05, 0.1) is 24.6 Å². The number of aromatic nitrogens is 1. The molecule has 1 aromatic heterocycles. The molecular weight excluding hydrogens is 344 g/mol. The molecule has 0 bridgehead atoms. The highest BCUT2D eigenvalue weighted by molar-refractivity contribution is 6.06. The monoisotopic (exact) mass is 370 g/mol. The third kappa shape index (κ3) is 5.42. The number of carbonyl (C=O) groups is 1. The molecule has 3 rings (SSSR count). The number of pyridine rings is 1. The Bertz CT molecular complexity index is 748. The fourth-order valence-electron chi connectivity index (χ4n) is 2.96. The van der Waals surface area contributed by atoms with E-state index in [1.165, 1.54) is 0 Å². The summed E-state index contributed by atoms with van der Waals surface area (Å²) in [6.07, 6.45) is 2.52. The summed E-state index contributed by atoms with van der Waals surface area (Å²) in [5, 5.41) is 6.24. The standard InChI is InChI=1S/C20H26N4O3/c1-26-12-4-8-21-19-15-16(7-9-22-19)20(25)23-17-5-2-3-6-18(17)24-10-13-27-14-11-24/h2-3,5-7,9,15H,4,8,10-14H2,1H3,(H,21,22)(H,23,25). The Balaban J connectivity index is 1.67. The van der Waals surface area contributed by atoms with Gasteiger partial charge in [0.25, 0.3) is 5.91 Å². The van der Waals surface area contributed by atoms with Crippen LogP contribution >= 0.6 is 0 Å². The van der Waals surface area contributed by atoms with Gasteiger partial charge in [0.2, 0.25) is 0 Å². The van der Waals surface area contributed by atoms with Crippen molar-refractivity contribution >= 4 is 23.1 Å². The molecule has 0 spiro atoms. The van der Waals surface area contributed by atoms with Gasteiger partial charge < -0.3 is 25.0 Å². The van der Waals surface area contributed by atoms with E-state index in [0.29, 0.717) is 31.2 Å². The molecule has 0 unspecified atom stereocenters. The van der Waals surface area contributed by atoms with E-state index in [1.54, 1.807) is 25.4 Å². The second kappa shape index (κ2) is 9.89. The van der Waals surface area contributed by atoms with Crippen molar-refractivity contribution in [2.45, 2.75) is 6.42 Å². The highest BCUT2D eigenvalue weighted by Crippen LogP contribution is 2.27. The third-order valence-corrected chi connectivity index (χ3v) is 4.36. The summed E-state index contributed by atoms with van der Waals surface area (Å²) in [7, 11) is 1.68. The summed E-state index contributed by atoms with van der Waals surface area (Å²) in [6.45, 7) is 4.46. The van der Waals surface area contributed by atoms with Crippen LogP contribution in [0, 0.1) is 0 Å². The molecule has 1 aliphatic heterocycles. The highest BCUT2D eigenvalue weighted by Gasteiger charge is 2.16. The van der Waals surface area contributed by atoms with Crippen LogP contribution in [0.1, 0.15) is 16.8 Å². The highest BCUT2D eigenvalue weighted by atomic mass is 16.5. The quantitative estimate of drug-likeness (QED) is 0.696. The predicted octanol–water partition coefficient (Wildman–Crippen LogP) is 2.62. The van der Waals surface area contributed by atoms with Gasteiger partial charge in [0.15, 0.2) is 0 Å². The summed E-state index contributed by atoms with van der Waals surface area (Å²) < 4.78 is 10.5. The Morgan fingerprint density at radius 2 is 2.07 bits per heavy atom. The van der Waals surface area contributed by atoms with Crippen LogP contribution < -0.4 is 15.5 Å². The van der Waals surface area contributed by atoms with Crippen LogP contribution in [0.15, 0.2) is 42.6 Å². The van der Waals surface area contributed by atoms with Crippen LogP contribution in [0.3, 0.4) is 0 Å². The van der Waals surface area contributed by atoms with Gasteiger partial charge in [0, 0.05) is 45.1 Å². The van der Waals surface area contributed by atoms with Crippen molar-refractivity contribution in [3.8, 4) is 0 Å². The molecule has 2 heterocycles. The Kier molecular flexibility index (Phi) is 7.01. The zero-order valence-corrected chi connectivity index (χ0v) is 15.6. The number of hydrogen-bond donors (Lipinski definition) is 2.